The zero-order chi connectivity index (χ0) is 20.4. The minimum atomic E-state index is -0.456. The van der Waals surface area contributed by atoms with Crippen molar-refractivity contribution in [1.29, 1.82) is 0 Å². The molecule has 2 rings (SSSR count). The molecule has 0 saturated heterocycles. The van der Waals surface area contributed by atoms with E-state index < -0.39 is 5.60 Å². The van der Waals surface area contributed by atoms with Crippen LogP contribution in [0, 0.1) is 0 Å². The number of carbonyl (C=O) groups is 1. The molecule has 1 N–H and O–H groups in total. The summed E-state index contributed by atoms with van der Waals surface area (Å²) in [4.78, 5) is 13.5. The molecule has 2 aromatic carbocycles. The van der Waals surface area contributed by atoms with E-state index >= 15 is 0 Å². The van der Waals surface area contributed by atoms with Crippen LogP contribution in [-0.2, 0) is 11.2 Å². The fourth-order valence-electron chi connectivity index (χ4n) is 2.62. The lowest BCUT2D eigenvalue weighted by Gasteiger charge is -2.24. The molecule has 28 heavy (non-hydrogen) atoms. The van der Waals surface area contributed by atoms with Gasteiger partial charge in [0.2, 0.25) is 0 Å². The first-order valence-corrected chi connectivity index (χ1v) is 9.80. The van der Waals surface area contributed by atoms with Gasteiger partial charge in [0.1, 0.15) is 17.1 Å². The van der Waals surface area contributed by atoms with E-state index in [4.69, 9.17) is 9.47 Å². The van der Waals surface area contributed by atoms with Crippen molar-refractivity contribution >= 4 is 6.09 Å². The molecular formula is C23H32N2O3. The van der Waals surface area contributed by atoms with Crippen LogP contribution in [0.3, 0.4) is 0 Å². The zero-order valence-electron chi connectivity index (χ0n) is 17.4. The van der Waals surface area contributed by atoms with Gasteiger partial charge in [0.15, 0.2) is 0 Å². The first kappa shape index (κ1) is 21.8. The number of benzene rings is 2. The molecule has 0 aliphatic rings. The Morgan fingerprint density at radius 3 is 2.43 bits per heavy atom. The second kappa shape index (κ2) is 10.7. The molecule has 1 amide bonds. The van der Waals surface area contributed by atoms with Gasteiger partial charge < -0.3 is 19.7 Å². The number of amides is 1. The Kier molecular flexibility index (Phi) is 8.33. The van der Waals surface area contributed by atoms with Gasteiger partial charge in [-0.15, -0.1) is 0 Å². The van der Waals surface area contributed by atoms with E-state index in [1.54, 1.807) is 11.9 Å². The van der Waals surface area contributed by atoms with Gasteiger partial charge in [-0.1, -0.05) is 30.3 Å². The Morgan fingerprint density at radius 2 is 1.71 bits per heavy atom. The zero-order valence-corrected chi connectivity index (χ0v) is 17.4. The van der Waals surface area contributed by atoms with Crippen LogP contribution in [0.2, 0.25) is 0 Å². The van der Waals surface area contributed by atoms with Gasteiger partial charge in [-0.3, -0.25) is 0 Å². The smallest absolute Gasteiger partial charge is 0.410 e. The topological polar surface area (TPSA) is 50.8 Å². The lowest BCUT2D eigenvalue weighted by Crippen LogP contribution is -2.35. The van der Waals surface area contributed by atoms with E-state index in [2.05, 4.69) is 17.4 Å². The maximum Gasteiger partial charge on any atom is 0.410 e. The number of nitrogens with zero attached hydrogens (tertiary/aromatic N) is 1. The average molecular weight is 385 g/mol. The highest BCUT2D eigenvalue weighted by molar-refractivity contribution is 5.67. The second-order valence-electron chi connectivity index (χ2n) is 7.82. The van der Waals surface area contributed by atoms with E-state index in [1.807, 2.05) is 63.2 Å². The van der Waals surface area contributed by atoms with Crippen molar-refractivity contribution in [2.75, 3.05) is 26.7 Å². The summed E-state index contributed by atoms with van der Waals surface area (Å²) in [7, 11) is 1.77. The Morgan fingerprint density at radius 1 is 1.00 bits per heavy atom. The number of hydrogen-bond acceptors (Lipinski definition) is 4. The van der Waals surface area contributed by atoms with Crippen molar-refractivity contribution in [2.45, 2.75) is 39.2 Å². The number of rotatable bonds is 9. The summed E-state index contributed by atoms with van der Waals surface area (Å²) in [5, 5.41) is 3.43. The van der Waals surface area contributed by atoms with Crippen LogP contribution >= 0.6 is 0 Å². The maximum absolute atomic E-state index is 11.9. The van der Waals surface area contributed by atoms with E-state index in [-0.39, 0.29) is 6.09 Å². The maximum atomic E-state index is 11.9. The van der Waals surface area contributed by atoms with Crippen molar-refractivity contribution in [3.8, 4) is 11.5 Å². The third-order valence-electron chi connectivity index (χ3n) is 4.02. The molecule has 0 saturated carbocycles. The van der Waals surface area contributed by atoms with Crippen LogP contribution in [0.5, 0.6) is 11.5 Å². The third-order valence-corrected chi connectivity index (χ3v) is 4.02. The quantitative estimate of drug-likeness (QED) is 0.627. The summed E-state index contributed by atoms with van der Waals surface area (Å²) in [6, 6.07) is 18.0. The van der Waals surface area contributed by atoms with Crippen molar-refractivity contribution in [3.63, 3.8) is 0 Å². The molecule has 5 heteroatoms. The van der Waals surface area contributed by atoms with Crippen LogP contribution in [0.25, 0.3) is 0 Å². The lowest BCUT2D eigenvalue weighted by atomic mass is 10.1. The number of ether oxygens (including phenoxy) is 2. The van der Waals surface area contributed by atoms with Crippen molar-refractivity contribution in [2.24, 2.45) is 0 Å². The van der Waals surface area contributed by atoms with E-state index in [0.717, 1.165) is 37.4 Å². The third kappa shape index (κ3) is 8.44. The molecule has 5 nitrogen and oxygen atoms in total. The van der Waals surface area contributed by atoms with Crippen molar-refractivity contribution in [3.05, 3.63) is 60.2 Å². The fraction of sp³-hybridized carbons (Fsp3) is 0.435. The highest BCUT2D eigenvalue weighted by atomic mass is 16.6. The standard InChI is InChI=1S/C23H32N2O3/c1-23(2,3)28-22(26)25(4)17-9-15-24-16-14-19-10-8-13-21(18-19)27-20-11-6-5-7-12-20/h5-8,10-13,18,24H,9,14-17H2,1-4H3. The first-order valence-electron chi connectivity index (χ1n) is 9.80. The van der Waals surface area contributed by atoms with Crippen LogP contribution in [0.15, 0.2) is 54.6 Å². The van der Waals surface area contributed by atoms with E-state index in [1.165, 1.54) is 5.56 Å². The number of nitrogens with one attached hydrogen (secondary N) is 1. The molecule has 0 atom stereocenters. The summed E-state index contributed by atoms with van der Waals surface area (Å²) in [6.07, 6.45) is 1.53. The molecule has 0 unspecified atom stereocenters. The Bertz CT molecular complexity index is 726. The summed E-state index contributed by atoms with van der Waals surface area (Å²) in [6.45, 7) is 8.03. The Labute approximate surface area is 168 Å². The van der Waals surface area contributed by atoms with Crippen LogP contribution < -0.4 is 10.1 Å². The molecule has 0 aromatic heterocycles. The van der Waals surface area contributed by atoms with Gasteiger partial charge in [-0.05, 0) is 76.5 Å². The van der Waals surface area contributed by atoms with Gasteiger partial charge in [0.25, 0.3) is 0 Å². The van der Waals surface area contributed by atoms with Crippen molar-refractivity contribution < 1.29 is 14.3 Å². The minimum Gasteiger partial charge on any atom is -0.457 e. The van der Waals surface area contributed by atoms with Crippen LogP contribution in [0.4, 0.5) is 4.79 Å². The first-order chi connectivity index (χ1) is 13.3. The summed E-state index contributed by atoms with van der Waals surface area (Å²) < 4.78 is 11.2. The molecule has 0 aliphatic carbocycles. The van der Waals surface area contributed by atoms with Crippen LogP contribution in [-0.4, -0.2) is 43.3 Å². The molecule has 0 aliphatic heterocycles. The molecule has 0 radical (unpaired) electrons. The van der Waals surface area contributed by atoms with E-state index in [9.17, 15) is 4.79 Å². The van der Waals surface area contributed by atoms with Gasteiger partial charge >= 0.3 is 6.09 Å². The van der Waals surface area contributed by atoms with E-state index in [0.29, 0.717) is 6.54 Å². The van der Waals surface area contributed by atoms with Gasteiger partial charge in [-0.25, -0.2) is 4.79 Å². The monoisotopic (exact) mass is 384 g/mol. The molecule has 2 aromatic rings. The molecule has 0 fully saturated rings. The van der Waals surface area contributed by atoms with Crippen LogP contribution in [0.1, 0.15) is 32.8 Å². The number of para-hydroxylation sites is 1. The second-order valence-corrected chi connectivity index (χ2v) is 7.82. The van der Waals surface area contributed by atoms with Gasteiger partial charge in [0, 0.05) is 13.6 Å². The van der Waals surface area contributed by atoms with Crippen molar-refractivity contribution in [1.82, 2.24) is 10.2 Å². The van der Waals surface area contributed by atoms with Gasteiger partial charge in [-0.2, -0.15) is 0 Å². The normalized spacial score (nSPS) is 11.1. The number of carbonyl (C=O) groups excluding carboxylic acids is 1. The molecular weight excluding hydrogens is 352 g/mol. The molecule has 0 heterocycles. The fourth-order valence-corrected chi connectivity index (χ4v) is 2.62. The largest absolute Gasteiger partial charge is 0.457 e. The molecule has 0 bridgehead atoms. The molecule has 0 spiro atoms. The predicted molar refractivity (Wildman–Crippen MR) is 113 cm³/mol. The Hall–Kier alpha value is -2.53. The summed E-state index contributed by atoms with van der Waals surface area (Å²) in [5.41, 5.74) is 0.773. The Balaban J connectivity index is 1.64. The molecule has 152 valence electrons. The summed E-state index contributed by atoms with van der Waals surface area (Å²) in [5.74, 6) is 1.69. The van der Waals surface area contributed by atoms with Gasteiger partial charge in [0.05, 0.1) is 0 Å². The minimum absolute atomic E-state index is 0.275. The number of hydrogen-bond donors (Lipinski definition) is 1. The lowest BCUT2D eigenvalue weighted by molar-refractivity contribution is 0.0297. The highest BCUT2D eigenvalue weighted by Gasteiger charge is 2.18. The average Bonchev–Trinajstić information content (AvgIpc) is 2.64. The highest BCUT2D eigenvalue weighted by Crippen LogP contribution is 2.21. The SMILES string of the molecule is CN(CCCNCCc1cccc(Oc2ccccc2)c1)C(=O)OC(C)(C)C. The predicted octanol–water partition coefficient (Wildman–Crippen LogP) is 4.87. The summed E-state index contributed by atoms with van der Waals surface area (Å²) >= 11 is 0.